The van der Waals surface area contributed by atoms with E-state index < -0.39 is 0 Å². The minimum absolute atomic E-state index is 0.348. The fourth-order valence-electron chi connectivity index (χ4n) is 2.60. The second kappa shape index (κ2) is 5.62. The lowest BCUT2D eigenvalue weighted by molar-refractivity contribution is 0.00578. The van der Waals surface area contributed by atoms with Crippen molar-refractivity contribution in [1.82, 2.24) is 0 Å². The molecule has 0 amide bonds. The van der Waals surface area contributed by atoms with Gasteiger partial charge in [-0.1, -0.05) is 48.5 Å². The molecular weight excluding hydrogens is 287 g/mol. The zero-order valence-electron chi connectivity index (χ0n) is 14.0. The van der Waals surface area contributed by atoms with Gasteiger partial charge in [0.1, 0.15) is 6.29 Å². The molecule has 3 nitrogen and oxygen atoms in total. The summed E-state index contributed by atoms with van der Waals surface area (Å²) in [5, 5.41) is 0. The van der Waals surface area contributed by atoms with E-state index in [1.165, 1.54) is 0 Å². The highest BCUT2D eigenvalue weighted by atomic mass is 16.7. The highest BCUT2D eigenvalue weighted by Gasteiger charge is 2.51. The first-order valence-electron chi connectivity index (χ1n) is 7.84. The van der Waals surface area contributed by atoms with Crippen molar-refractivity contribution < 1.29 is 14.1 Å². The quantitative estimate of drug-likeness (QED) is 0.643. The molecule has 3 rings (SSSR count). The van der Waals surface area contributed by atoms with Gasteiger partial charge in [0, 0.05) is 5.56 Å². The average Bonchev–Trinajstić information content (AvgIpc) is 2.76. The summed E-state index contributed by atoms with van der Waals surface area (Å²) in [5.74, 6) is 0. The van der Waals surface area contributed by atoms with Gasteiger partial charge < -0.3 is 9.31 Å². The Morgan fingerprint density at radius 3 is 2.04 bits per heavy atom. The predicted octanol–water partition coefficient (Wildman–Crippen LogP) is 3.47. The SMILES string of the molecule is CC1(C)OB(c2cccc(-c3ccc(C=O)cc3)c2)OC1(C)C. The van der Waals surface area contributed by atoms with Crippen molar-refractivity contribution in [2.24, 2.45) is 0 Å². The lowest BCUT2D eigenvalue weighted by atomic mass is 9.78. The van der Waals surface area contributed by atoms with Gasteiger partial charge in [-0.3, -0.25) is 4.79 Å². The smallest absolute Gasteiger partial charge is 0.399 e. The van der Waals surface area contributed by atoms with Gasteiger partial charge in [0.15, 0.2) is 0 Å². The first-order chi connectivity index (χ1) is 10.8. The van der Waals surface area contributed by atoms with Crippen LogP contribution in [0.3, 0.4) is 0 Å². The van der Waals surface area contributed by atoms with Gasteiger partial charge in [-0.25, -0.2) is 0 Å². The Kier molecular flexibility index (Phi) is 3.90. The number of carbonyl (C=O) groups excluding carboxylic acids is 1. The summed E-state index contributed by atoms with van der Waals surface area (Å²) in [7, 11) is -0.366. The Morgan fingerprint density at radius 2 is 1.48 bits per heavy atom. The largest absolute Gasteiger partial charge is 0.494 e. The molecule has 1 aliphatic heterocycles. The summed E-state index contributed by atoms with van der Waals surface area (Å²) in [4.78, 5) is 10.8. The summed E-state index contributed by atoms with van der Waals surface area (Å²) in [6, 6.07) is 15.7. The molecule has 2 aromatic carbocycles. The lowest BCUT2D eigenvalue weighted by Crippen LogP contribution is -2.41. The van der Waals surface area contributed by atoms with Crippen LogP contribution in [0.4, 0.5) is 0 Å². The van der Waals surface area contributed by atoms with Crippen LogP contribution in [0.2, 0.25) is 0 Å². The van der Waals surface area contributed by atoms with Crippen molar-refractivity contribution >= 4 is 18.9 Å². The lowest BCUT2D eigenvalue weighted by Gasteiger charge is -2.32. The van der Waals surface area contributed by atoms with E-state index in [1.54, 1.807) is 0 Å². The Morgan fingerprint density at radius 1 is 0.870 bits per heavy atom. The van der Waals surface area contributed by atoms with Crippen LogP contribution in [0.15, 0.2) is 48.5 Å². The maximum Gasteiger partial charge on any atom is 0.494 e. The summed E-state index contributed by atoms with van der Waals surface area (Å²) in [5.41, 5.74) is 3.12. The second-order valence-electron chi connectivity index (χ2n) is 6.95. The van der Waals surface area contributed by atoms with E-state index in [-0.39, 0.29) is 18.3 Å². The van der Waals surface area contributed by atoms with E-state index in [0.717, 1.165) is 22.9 Å². The summed E-state index contributed by atoms with van der Waals surface area (Å²) >= 11 is 0. The van der Waals surface area contributed by atoms with Gasteiger partial charge in [0.2, 0.25) is 0 Å². The van der Waals surface area contributed by atoms with Gasteiger partial charge in [-0.15, -0.1) is 0 Å². The number of hydrogen-bond acceptors (Lipinski definition) is 3. The normalized spacial score (nSPS) is 18.9. The van der Waals surface area contributed by atoms with Crippen LogP contribution in [0.25, 0.3) is 11.1 Å². The molecule has 0 atom stereocenters. The summed E-state index contributed by atoms with van der Waals surface area (Å²) in [6.07, 6.45) is 0.852. The van der Waals surface area contributed by atoms with Gasteiger partial charge in [-0.2, -0.15) is 0 Å². The Bertz CT molecular complexity index is 704. The molecule has 0 N–H and O–H groups in total. The molecule has 0 bridgehead atoms. The maximum atomic E-state index is 10.8. The van der Waals surface area contributed by atoms with E-state index in [1.807, 2.05) is 42.5 Å². The Hall–Kier alpha value is -1.91. The molecule has 1 saturated heterocycles. The zero-order valence-corrected chi connectivity index (χ0v) is 14.0. The predicted molar refractivity (Wildman–Crippen MR) is 93.0 cm³/mol. The van der Waals surface area contributed by atoms with Crippen molar-refractivity contribution in [3.63, 3.8) is 0 Å². The molecule has 0 radical (unpaired) electrons. The van der Waals surface area contributed by atoms with Crippen LogP contribution >= 0.6 is 0 Å². The third kappa shape index (κ3) is 2.97. The molecule has 0 aromatic heterocycles. The maximum absolute atomic E-state index is 10.8. The molecule has 1 heterocycles. The van der Waals surface area contributed by atoms with Crippen LogP contribution in [0.5, 0.6) is 0 Å². The van der Waals surface area contributed by atoms with E-state index in [4.69, 9.17) is 9.31 Å². The van der Waals surface area contributed by atoms with E-state index in [0.29, 0.717) is 5.56 Å². The number of aldehydes is 1. The van der Waals surface area contributed by atoms with Crippen molar-refractivity contribution in [2.45, 2.75) is 38.9 Å². The van der Waals surface area contributed by atoms with Crippen LogP contribution in [0.1, 0.15) is 38.1 Å². The molecule has 0 unspecified atom stereocenters. The molecule has 0 saturated carbocycles. The number of hydrogen-bond donors (Lipinski definition) is 0. The van der Waals surface area contributed by atoms with Crippen LogP contribution in [-0.2, 0) is 9.31 Å². The third-order valence-corrected chi connectivity index (χ3v) is 4.79. The fourth-order valence-corrected chi connectivity index (χ4v) is 2.60. The van der Waals surface area contributed by atoms with Crippen LogP contribution in [-0.4, -0.2) is 24.6 Å². The van der Waals surface area contributed by atoms with Crippen LogP contribution < -0.4 is 5.46 Å². The highest BCUT2D eigenvalue weighted by molar-refractivity contribution is 6.62. The van der Waals surface area contributed by atoms with Gasteiger partial charge in [0.05, 0.1) is 11.2 Å². The molecular formula is C19H21BO3. The standard InChI is InChI=1S/C19H21BO3/c1-18(2)19(3,4)23-20(22-18)17-7-5-6-16(12-17)15-10-8-14(13-21)9-11-15/h5-13H,1-4H3. The van der Waals surface area contributed by atoms with E-state index >= 15 is 0 Å². The highest BCUT2D eigenvalue weighted by Crippen LogP contribution is 2.36. The third-order valence-electron chi connectivity index (χ3n) is 4.79. The Balaban J connectivity index is 1.90. The van der Waals surface area contributed by atoms with E-state index in [2.05, 4.69) is 33.8 Å². The topological polar surface area (TPSA) is 35.5 Å². The molecule has 4 heteroatoms. The van der Waals surface area contributed by atoms with E-state index in [9.17, 15) is 4.79 Å². The average molecular weight is 308 g/mol. The molecule has 118 valence electrons. The van der Waals surface area contributed by atoms with Crippen molar-refractivity contribution in [3.8, 4) is 11.1 Å². The summed E-state index contributed by atoms with van der Waals surface area (Å²) in [6.45, 7) is 8.20. The minimum Gasteiger partial charge on any atom is -0.399 e. The van der Waals surface area contributed by atoms with Crippen molar-refractivity contribution in [3.05, 3.63) is 54.1 Å². The first-order valence-corrected chi connectivity index (χ1v) is 7.84. The number of carbonyl (C=O) groups is 1. The first kappa shape index (κ1) is 16.0. The molecule has 1 fully saturated rings. The summed E-state index contributed by atoms with van der Waals surface area (Å²) < 4.78 is 12.2. The molecule has 0 aliphatic carbocycles. The molecule has 23 heavy (non-hydrogen) atoms. The van der Waals surface area contributed by atoms with Crippen molar-refractivity contribution in [1.29, 1.82) is 0 Å². The van der Waals surface area contributed by atoms with Gasteiger partial charge in [0.25, 0.3) is 0 Å². The molecule has 0 spiro atoms. The minimum atomic E-state index is -0.366. The second-order valence-corrected chi connectivity index (χ2v) is 6.95. The molecule has 1 aliphatic rings. The van der Waals surface area contributed by atoms with Gasteiger partial charge in [-0.05, 0) is 44.3 Å². The fraction of sp³-hybridized carbons (Fsp3) is 0.316. The van der Waals surface area contributed by atoms with Crippen molar-refractivity contribution in [2.75, 3.05) is 0 Å². The van der Waals surface area contributed by atoms with Crippen LogP contribution in [0, 0.1) is 0 Å². The molecule has 2 aromatic rings. The monoisotopic (exact) mass is 308 g/mol. The van der Waals surface area contributed by atoms with Gasteiger partial charge >= 0.3 is 7.12 Å². The number of benzene rings is 2. The number of rotatable bonds is 3. The zero-order chi connectivity index (χ0) is 16.7. The Labute approximate surface area is 137 Å².